The number of piperazine rings is 1. The van der Waals surface area contributed by atoms with E-state index in [1.807, 2.05) is 0 Å². The number of hydrogen-bond acceptors (Lipinski definition) is 6. The molecule has 2 aromatic rings. The first-order valence-corrected chi connectivity index (χ1v) is 12.0. The Morgan fingerprint density at radius 3 is 2.39 bits per heavy atom. The second-order valence-corrected chi connectivity index (χ2v) is 10.1. The molecule has 33 heavy (non-hydrogen) atoms. The van der Waals surface area contributed by atoms with Crippen LogP contribution in [0.2, 0.25) is 0 Å². The van der Waals surface area contributed by atoms with Gasteiger partial charge in [-0.05, 0) is 36.4 Å². The number of hydrogen-bond donors (Lipinski definition) is 0. The Labute approximate surface area is 190 Å². The van der Waals surface area contributed by atoms with Gasteiger partial charge in [0.1, 0.15) is 5.82 Å². The van der Waals surface area contributed by atoms with E-state index < -0.39 is 21.8 Å². The van der Waals surface area contributed by atoms with Crippen LogP contribution in [0.1, 0.15) is 6.42 Å². The topological polar surface area (TPSA) is 96.5 Å². The minimum Gasteiger partial charge on any atom is -0.454 e. The lowest BCUT2D eigenvalue weighted by Crippen LogP contribution is -2.52. The molecule has 174 valence electrons. The van der Waals surface area contributed by atoms with Gasteiger partial charge in [-0.2, -0.15) is 4.31 Å². The Bertz CT molecular complexity index is 1200. The van der Waals surface area contributed by atoms with E-state index in [0.29, 0.717) is 17.2 Å². The van der Waals surface area contributed by atoms with Crippen LogP contribution < -0.4 is 14.4 Å². The lowest BCUT2D eigenvalue weighted by atomic mass is 10.1. The molecule has 1 atom stereocenters. The molecule has 0 saturated carbocycles. The molecule has 3 aliphatic heterocycles. The number of amides is 2. The number of halogens is 1. The van der Waals surface area contributed by atoms with Gasteiger partial charge in [-0.15, -0.1) is 0 Å². The molecule has 2 amide bonds. The van der Waals surface area contributed by atoms with Crippen molar-refractivity contribution in [2.75, 3.05) is 44.4 Å². The molecular formula is C22H22FN3O6S. The molecule has 9 nitrogen and oxygen atoms in total. The van der Waals surface area contributed by atoms with Crippen molar-refractivity contribution >= 4 is 27.5 Å². The van der Waals surface area contributed by atoms with E-state index in [1.165, 1.54) is 16.4 Å². The molecule has 3 aliphatic rings. The van der Waals surface area contributed by atoms with Gasteiger partial charge in [0.15, 0.2) is 11.5 Å². The van der Waals surface area contributed by atoms with Gasteiger partial charge in [0.05, 0.1) is 10.8 Å². The quantitative estimate of drug-likeness (QED) is 0.664. The number of carbonyl (C=O) groups excluding carboxylic acids is 2. The molecule has 3 heterocycles. The van der Waals surface area contributed by atoms with Crippen LogP contribution in [0.5, 0.6) is 11.5 Å². The van der Waals surface area contributed by atoms with E-state index in [0.717, 1.165) is 12.1 Å². The van der Waals surface area contributed by atoms with E-state index in [9.17, 15) is 22.4 Å². The van der Waals surface area contributed by atoms with E-state index in [4.69, 9.17) is 9.47 Å². The highest BCUT2D eigenvalue weighted by atomic mass is 32.2. The zero-order valence-corrected chi connectivity index (χ0v) is 18.5. The molecule has 0 radical (unpaired) electrons. The van der Waals surface area contributed by atoms with E-state index >= 15 is 0 Å². The van der Waals surface area contributed by atoms with Crippen molar-refractivity contribution in [1.29, 1.82) is 0 Å². The molecule has 0 N–H and O–H groups in total. The standard InChI is InChI=1S/C22H22FN3O6S/c23-16-1-4-18(5-2-16)33(29,30)25-9-7-24(8-10-25)22(28)15-11-21(27)26(13-15)17-3-6-19-20(12-17)32-14-31-19/h1-6,12,15H,7-11,13-14H2. The Morgan fingerprint density at radius 1 is 0.970 bits per heavy atom. The number of ether oxygens (including phenoxy) is 2. The average molecular weight is 475 g/mol. The Balaban J connectivity index is 1.21. The van der Waals surface area contributed by atoms with Crippen molar-refractivity contribution in [1.82, 2.24) is 9.21 Å². The average Bonchev–Trinajstić information content (AvgIpc) is 3.45. The van der Waals surface area contributed by atoms with Crippen molar-refractivity contribution in [3.05, 3.63) is 48.3 Å². The molecule has 0 aromatic heterocycles. The predicted molar refractivity (Wildman–Crippen MR) is 115 cm³/mol. The first-order valence-electron chi connectivity index (χ1n) is 10.6. The summed E-state index contributed by atoms with van der Waals surface area (Å²) in [6, 6.07) is 9.91. The van der Waals surface area contributed by atoms with Gasteiger partial charge >= 0.3 is 0 Å². The number of benzene rings is 2. The first kappa shape index (κ1) is 21.7. The number of sulfonamides is 1. The molecule has 2 aromatic carbocycles. The smallest absolute Gasteiger partial charge is 0.243 e. The minimum absolute atomic E-state index is 0.0180. The summed E-state index contributed by atoms with van der Waals surface area (Å²) in [5.41, 5.74) is 0.648. The fourth-order valence-electron chi connectivity index (χ4n) is 4.34. The summed E-state index contributed by atoms with van der Waals surface area (Å²) in [7, 11) is -3.76. The van der Waals surface area contributed by atoms with Gasteiger partial charge < -0.3 is 19.3 Å². The van der Waals surface area contributed by atoms with Gasteiger partial charge in [-0.1, -0.05) is 0 Å². The third-order valence-electron chi connectivity index (χ3n) is 6.14. The number of anilines is 1. The van der Waals surface area contributed by atoms with Crippen molar-refractivity contribution in [2.45, 2.75) is 11.3 Å². The maximum Gasteiger partial charge on any atom is 0.243 e. The Kier molecular flexibility index (Phi) is 5.45. The molecule has 2 fully saturated rings. The molecule has 2 saturated heterocycles. The second kappa shape index (κ2) is 8.31. The maximum absolute atomic E-state index is 13.1. The Morgan fingerprint density at radius 2 is 1.67 bits per heavy atom. The van der Waals surface area contributed by atoms with Crippen LogP contribution in [0.3, 0.4) is 0 Å². The van der Waals surface area contributed by atoms with Gasteiger partial charge in [-0.3, -0.25) is 9.59 Å². The lowest BCUT2D eigenvalue weighted by molar-refractivity contribution is -0.136. The number of rotatable bonds is 4. The largest absolute Gasteiger partial charge is 0.454 e. The van der Waals surface area contributed by atoms with Gasteiger partial charge in [0, 0.05) is 50.9 Å². The van der Waals surface area contributed by atoms with E-state index in [-0.39, 0.29) is 62.6 Å². The summed E-state index contributed by atoms with van der Waals surface area (Å²) in [6.45, 7) is 1.13. The van der Waals surface area contributed by atoms with Crippen molar-refractivity contribution < 1.29 is 31.9 Å². The Hall–Kier alpha value is -3.18. The number of fused-ring (bicyclic) bond motifs is 1. The first-order chi connectivity index (χ1) is 15.8. The third kappa shape index (κ3) is 4.02. The van der Waals surface area contributed by atoms with Crippen molar-refractivity contribution in [3.8, 4) is 11.5 Å². The summed E-state index contributed by atoms with van der Waals surface area (Å²) >= 11 is 0. The van der Waals surface area contributed by atoms with Crippen LogP contribution in [0, 0.1) is 11.7 Å². The highest BCUT2D eigenvalue weighted by Crippen LogP contribution is 2.37. The summed E-state index contributed by atoms with van der Waals surface area (Å²) in [5, 5.41) is 0. The molecular weight excluding hydrogens is 453 g/mol. The highest BCUT2D eigenvalue weighted by molar-refractivity contribution is 7.89. The summed E-state index contributed by atoms with van der Waals surface area (Å²) in [5.74, 6) is -0.136. The van der Waals surface area contributed by atoms with Crippen LogP contribution in [0.25, 0.3) is 0 Å². The monoisotopic (exact) mass is 475 g/mol. The number of carbonyl (C=O) groups is 2. The molecule has 1 unspecified atom stereocenters. The zero-order chi connectivity index (χ0) is 23.2. The fraction of sp³-hybridized carbons (Fsp3) is 0.364. The van der Waals surface area contributed by atoms with Gasteiger partial charge in [-0.25, -0.2) is 12.8 Å². The van der Waals surface area contributed by atoms with Crippen LogP contribution in [0.4, 0.5) is 10.1 Å². The summed E-state index contributed by atoms with van der Waals surface area (Å²) in [4.78, 5) is 28.9. The molecule has 0 bridgehead atoms. The van der Waals surface area contributed by atoms with Crippen LogP contribution in [0.15, 0.2) is 47.4 Å². The fourth-order valence-corrected chi connectivity index (χ4v) is 5.76. The van der Waals surface area contributed by atoms with Gasteiger partial charge in [0.25, 0.3) is 0 Å². The molecule has 0 spiro atoms. The van der Waals surface area contributed by atoms with Crippen molar-refractivity contribution in [3.63, 3.8) is 0 Å². The maximum atomic E-state index is 13.1. The molecule has 0 aliphatic carbocycles. The van der Waals surface area contributed by atoms with Crippen LogP contribution >= 0.6 is 0 Å². The SMILES string of the molecule is O=C(C1CC(=O)N(c2ccc3c(c2)OCO3)C1)N1CCN(S(=O)(=O)c2ccc(F)cc2)CC1. The van der Waals surface area contributed by atoms with Gasteiger partial charge in [0.2, 0.25) is 28.6 Å². The summed E-state index contributed by atoms with van der Waals surface area (Å²) < 4.78 is 50.7. The molecule has 11 heteroatoms. The predicted octanol–water partition coefficient (Wildman–Crippen LogP) is 1.44. The minimum atomic E-state index is -3.76. The lowest BCUT2D eigenvalue weighted by Gasteiger charge is -2.35. The number of nitrogens with zero attached hydrogens (tertiary/aromatic N) is 3. The second-order valence-electron chi connectivity index (χ2n) is 8.13. The van der Waals surface area contributed by atoms with E-state index in [1.54, 1.807) is 28.0 Å². The van der Waals surface area contributed by atoms with Crippen molar-refractivity contribution in [2.24, 2.45) is 5.92 Å². The van der Waals surface area contributed by atoms with E-state index in [2.05, 4.69) is 0 Å². The van der Waals surface area contributed by atoms with Crippen LogP contribution in [-0.4, -0.2) is 69.0 Å². The molecule has 5 rings (SSSR count). The third-order valence-corrected chi connectivity index (χ3v) is 8.06. The highest BCUT2D eigenvalue weighted by Gasteiger charge is 2.39. The summed E-state index contributed by atoms with van der Waals surface area (Å²) in [6.07, 6.45) is 0.0986. The van der Waals surface area contributed by atoms with Crippen LogP contribution in [-0.2, 0) is 19.6 Å². The zero-order valence-electron chi connectivity index (χ0n) is 17.6. The normalized spacial score (nSPS) is 21.0.